The van der Waals surface area contributed by atoms with Crippen LogP contribution in [0.25, 0.3) is 0 Å². The van der Waals surface area contributed by atoms with E-state index in [-0.39, 0.29) is 11.6 Å². The quantitative estimate of drug-likeness (QED) is 0.920. The first-order valence-corrected chi connectivity index (χ1v) is 6.18. The fourth-order valence-electron chi connectivity index (χ4n) is 2.28. The van der Waals surface area contributed by atoms with Crippen molar-refractivity contribution in [3.05, 3.63) is 53.4 Å². The molecule has 0 bridgehead atoms. The van der Waals surface area contributed by atoms with Gasteiger partial charge in [-0.05, 0) is 32.0 Å². The van der Waals surface area contributed by atoms with Gasteiger partial charge in [0.25, 0.3) is 0 Å². The minimum atomic E-state index is -0.530. The number of hydrogen-bond acceptors (Lipinski definition) is 2. The third kappa shape index (κ3) is 2.81. The first kappa shape index (κ1) is 13.7. The maximum Gasteiger partial charge on any atom is 0.130 e. The normalized spacial score (nSPS) is 14.4. The molecule has 1 heterocycles. The summed E-state index contributed by atoms with van der Waals surface area (Å²) in [7, 11) is 1.84. The van der Waals surface area contributed by atoms with Crippen LogP contribution in [0.5, 0.6) is 0 Å². The Morgan fingerprint density at radius 1 is 1.11 bits per heavy atom. The molecule has 19 heavy (non-hydrogen) atoms. The van der Waals surface area contributed by atoms with Gasteiger partial charge in [-0.3, -0.25) is 4.68 Å². The average molecular weight is 265 g/mol. The zero-order chi connectivity index (χ0) is 14.0. The summed E-state index contributed by atoms with van der Waals surface area (Å²) < 4.78 is 29.1. The summed E-state index contributed by atoms with van der Waals surface area (Å²) >= 11 is 0. The van der Waals surface area contributed by atoms with E-state index in [1.165, 1.54) is 18.2 Å². The molecule has 3 nitrogen and oxygen atoms in total. The molecule has 1 aromatic heterocycles. The number of aryl methyl sites for hydroxylation is 1. The van der Waals surface area contributed by atoms with Crippen molar-refractivity contribution in [2.75, 3.05) is 0 Å². The molecule has 0 saturated carbocycles. The molecular weight excluding hydrogens is 248 g/mol. The maximum absolute atomic E-state index is 13.7. The van der Waals surface area contributed by atoms with Crippen LogP contribution in [-0.2, 0) is 7.05 Å². The van der Waals surface area contributed by atoms with Gasteiger partial charge in [-0.1, -0.05) is 6.07 Å². The Hall–Kier alpha value is -1.75. The van der Waals surface area contributed by atoms with Gasteiger partial charge in [0, 0.05) is 30.9 Å². The number of benzene rings is 1. The molecular formula is C14H17F2N3. The number of nitrogens with zero attached hydrogens (tertiary/aromatic N) is 2. The summed E-state index contributed by atoms with van der Waals surface area (Å²) in [4.78, 5) is 0. The van der Waals surface area contributed by atoms with Gasteiger partial charge in [0.1, 0.15) is 11.6 Å². The van der Waals surface area contributed by atoms with E-state index in [2.05, 4.69) is 10.4 Å². The van der Waals surface area contributed by atoms with Crippen LogP contribution in [0.3, 0.4) is 0 Å². The molecule has 102 valence electrons. The van der Waals surface area contributed by atoms with Crippen LogP contribution in [0, 0.1) is 11.6 Å². The van der Waals surface area contributed by atoms with Crippen LogP contribution in [0.15, 0.2) is 30.5 Å². The van der Waals surface area contributed by atoms with Crippen LogP contribution in [0.2, 0.25) is 0 Å². The van der Waals surface area contributed by atoms with Gasteiger partial charge in [0.15, 0.2) is 0 Å². The molecule has 2 rings (SSSR count). The Bertz CT molecular complexity index is 545. The largest absolute Gasteiger partial charge is 0.302 e. The van der Waals surface area contributed by atoms with Gasteiger partial charge < -0.3 is 5.32 Å². The molecule has 2 unspecified atom stereocenters. The Balaban J connectivity index is 2.18. The van der Waals surface area contributed by atoms with E-state index in [4.69, 9.17) is 0 Å². The van der Waals surface area contributed by atoms with Crippen molar-refractivity contribution in [3.8, 4) is 0 Å². The highest BCUT2D eigenvalue weighted by atomic mass is 19.1. The number of halogens is 2. The van der Waals surface area contributed by atoms with Crippen LogP contribution in [0.4, 0.5) is 8.78 Å². The van der Waals surface area contributed by atoms with Gasteiger partial charge in [-0.15, -0.1) is 0 Å². The van der Waals surface area contributed by atoms with E-state index in [9.17, 15) is 8.78 Å². The van der Waals surface area contributed by atoms with Gasteiger partial charge in [0.2, 0.25) is 0 Å². The molecule has 5 heteroatoms. The number of hydrogen-bond donors (Lipinski definition) is 1. The second kappa shape index (κ2) is 5.48. The molecule has 0 spiro atoms. The summed E-state index contributed by atoms with van der Waals surface area (Å²) in [5.41, 5.74) is 1.03. The molecule has 1 aromatic carbocycles. The minimum Gasteiger partial charge on any atom is -0.302 e. The molecule has 0 amide bonds. The maximum atomic E-state index is 13.7. The van der Waals surface area contributed by atoms with Crippen molar-refractivity contribution in [2.45, 2.75) is 25.9 Å². The second-order valence-corrected chi connectivity index (χ2v) is 4.63. The van der Waals surface area contributed by atoms with Crippen molar-refractivity contribution in [1.29, 1.82) is 0 Å². The van der Waals surface area contributed by atoms with Crippen molar-refractivity contribution in [3.63, 3.8) is 0 Å². The summed E-state index contributed by atoms with van der Waals surface area (Å²) in [6.45, 7) is 3.68. The molecule has 0 aliphatic heterocycles. The van der Waals surface area contributed by atoms with Crippen LogP contribution >= 0.6 is 0 Å². The van der Waals surface area contributed by atoms with E-state index in [0.29, 0.717) is 0 Å². The topological polar surface area (TPSA) is 29.9 Å². The molecule has 0 saturated heterocycles. The molecule has 2 atom stereocenters. The Labute approximate surface area is 111 Å². The fraction of sp³-hybridized carbons (Fsp3) is 0.357. The second-order valence-electron chi connectivity index (χ2n) is 4.63. The fourth-order valence-corrected chi connectivity index (χ4v) is 2.28. The van der Waals surface area contributed by atoms with Gasteiger partial charge >= 0.3 is 0 Å². The van der Waals surface area contributed by atoms with E-state index in [1.54, 1.807) is 17.8 Å². The van der Waals surface area contributed by atoms with Crippen molar-refractivity contribution in [1.82, 2.24) is 15.1 Å². The predicted octanol–water partition coefficient (Wildman–Crippen LogP) is 3.11. The van der Waals surface area contributed by atoms with E-state index in [0.717, 1.165) is 5.69 Å². The highest BCUT2D eigenvalue weighted by Gasteiger charge is 2.19. The third-order valence-electron chi connectivity index (χ3n) is 3.24. The SMILES string of the molecule is CC(NC(C)c1ccnn1C)c1c(F)cccc1F. The summed E-state index contributed by atoms with van der Waals surface area (Å²) in [6, 6.07) is 5.30. The lowest BCUT2D eigenvalue weighted by molar-refractivity contribution is 0.436. The number of nitrogens with one attached hydrogen (secondary N) is 1. The van der Waals surface area contributed by atoms with Gasteiger partial charge in [-0.25, -0.2) is 8.78 Å². The van der Waals surface area contributed by atoms with E-state index in [1.807, 2.05) is 20.0 Å². The number of aromatic nitrogens is 2. The Morgan fingerprint density at radius 2 is 1.74 bits per heavy atom. The minimum absolute atomic E-state index is 0.0542. The van der Waals surface area contributed by atoms with Crippen LogP contribution in [0.1, 0.15) is 37.2 Å². The van der Waals surface area contributed by atoms with E-state index >= 15 is 0 Å². The third-order valence-corrected chi connectivity index (χ3v) is 3.24. The molecule has 0 aliphatic carbocycles. The van der Waals surface area contributed by atoms with Crippen LogP contribution in [-0.4, -0.2) is 9.78 Å². The summed E-state index contributed by atoms with van der Waals surface area (Å²) in [6.07, 6.45) is 1.70. The zero-order valence-electron chi connectivity index (χ0n) is 11.2. The van der Waals surface area contributed by atoms with Crippen LogP contribution < -0.4 is 5.32 Å². The van der Waals surface area contributed by atoms with E-state index < -0.39 is 17.7 Å². The lowest BCUT2D eigenvalue weighted by Gasteiger charge is -2.21. The van der Waals surface area contributed by atoms with Gasteiger partial charge in [-0.2, -0.15) is 5.10 Å². The molecule has 0 radical (unpaired) electrons. The first-order valence-electron chi connectivity index (χ1n) is 6.18. The first-order chi connectivity index (χ1) is 9.00. The lowest BCUT2D eigenvalue weighted by Crippen LogP contribution is -2.25. The molecule has 2 aromatic rings. The standard InChI is InChI=1S/C14H17F2N3/c1-9(13-7-8-17-19(13)3)18-10(2)14-11(15)5-4-6-12(14)16/h4-10,18H,1-3H3. The van der Waals surface area contributed by atoms with Gasteiger partial charge in [0.05, 0.1) is 5.69 Å². The van der Waals surface area contributed by atoms with Crippen molar-refractivity contribution >= 4 is 0 Å². The van der Waals surface area contributed by atoms with Crippen molar-refractivity contribution < 1.29 is 8.78 Å². The predicted molar refractivity (Wildman–Crippen MR) is 69.5 cm³/mol. The Morgan fingerprint density at radius 3 is 2.26 bits per heavy atom. The zero-order valence-corrected chi connectivity index (χ0v) is 11.2. The van der Waals surface area contributed by atoms with Crippen molar-refractivity contribution in [2.24, 2.45) is 7.05 Å². The summed E-state index contributed by atoms with van der Waals surface area (Å²) in [5.74, 6) is -1.06. The highest BCUT2D eigenvalue weighted by Crippen LogP contribution is 2.23. The molecule has 1 N–H and O–H groups in total. The molecule has 0 aliphatic rings. The Kier molecular flexibility index (Phi) is 3.95. The summed E-state index contributed by atoms with van der Waals surface area (Å²) in [5, 5.41) is 7.26. The smallest absolute Gasteiger partial charge is 0.130 e. The molecule has 0 fully saturated rings. The number of rotatable bonds is 4. The highest BCUT2D eigenvalue weighted by molar-refractivity contribution is 5.23. The average Bonchev–Trinajstić information content (AvgIpc) is 2.75. The monoisotopic (exact) mass is 265 g/mol. The lowest BCUT2D eigenvalue weighted by atomic mass is 10.1.